The number of thiophene rings is 1. The normalized spacial score (nSPS) is 12.2. The largest absolute Gasteiger partial charge is 0.497 e. The molecule has 2 N–H and O–H groups in total. The monoisotopic (exact) mass is 295 g/mol. The Morgan fingerprint density at radius 2 is 2.11 bits per heavy atom. The summed E-state index contributed by atoms with van der Waals surface area (Å²) in [6.45, 7) is 0. The lowest BCUT2D eigenvalue weighted by Gasteiger charge is -2.16. The molecule has 1 atom stereocenters. The fraction of sp³-hybridized carbons (Fsp3) is 0.286. The number of thioether (sulfide) groups is 1. The molecule has 19 heavy (non-hydrogen) atoms. The second-order valence-corrected chi connectivity index (χ2v) is 6.23. The van der Waals surface area contributed by atoms with Gasteiger partial charge in [0.05, 0.1) is 18.4 Å². The zero-order valence-corrected chi connectivity index (χ0v) is 12.6. The van der Waals surface area contributed by atoms with E-state index in [0.717, 1.165) is 22.8 Å². The molecule has 0 amide bonds. The number of ether oxygens (including phenoxy) is 2. The lowest BCUT2D eigenvalue weighted by molar-refractivity contribution is 0.396. The topological polar surface area (TPSA) is 44.5 Å². The summed E-state index contributed by atoms with van der Waals surface area (Å²) in [6, 6.07) is 9.77. The van der Waals surface area contributed by atoms with E-state index in [0.29, 0.717) is 0 Å². The average Bonchev–Trinajstić information content (AvgIpc) is 2.97. The minimum absolute atomic E-state index is 0.0860. The molecule has 0 bridgehead atoms. The highest BCUT2D eigenvalue weighted by molar-refractivity contribution is 8.01. The van der Waals surface area contributed by atoms with Crippen molar-refractivity contribution < 1.29 is 9.47 Å². The highest BCUT2D eigenvalue weighted by Crippen LogP contribution is 2.32. The first-order chi connectivity index (χ1) is 9.24. The standard InChI is InChI=1S/C14H17NO2S2/c1-16-10-5-6-13(17-2)11(8-10)12(15)9-19-14-4-3-7-18-14/h3-8,12H,9,15H2,1-2H3. The van der Waals surface area contributed by atoms with Gasteiger partial charge in [-0.1, -0.05) is 6.07 Å². The molecule has 5 heteroatoms. The quantitative estimate of drug-likeness (QED) is 0.828. The van der Waals surface area contributed by atoms with E-state index in [1.54, 1.807) is 37.3 Å². The van der Waals surface area contributed by atoms with Crippen LogP contribution in [0, 0.1) is 0 Å². The van der Waals surface area contributed by atoms with Gasteiger partial charge in [0, 0.05) is 17.4 Å². The highest BCUT2D eigenvalue weighted by atomic mass is 32.2. The molecular weight excluding hydrogens is 278 g/mol. The van der Waals surface area contributed by atoms with Gasteiger partial charge in [-0.15, -0.1) is 23.1 Å². The van der Waals surface area contributed by atoms with Crippen molar-refractivity contribution in [2.45, 2.75) is 10.3 Å². The van der Waals surface area contributed by atoms with Gasteiger partial charge in [-0.3, -0.25) is 0 Å². The Morgan fingerprint density at radius 1 is 1.26 bits per heavy atom. The van der Waals surface area contributed by atoms with Gasteiger partial charge in [-0.2, -0.15) is 0 Å². The van der Waals surface area contributed by atoms with Crippen LogP contribution in [0.5, 0.6) is 11.5 Å². The second kappa shape index (κ2) is 6.84. The molecule has 2 rings (SSSR count). The zero-order chi connectivity index (χ0) is 13.7. The minimum atomic E-state index is -0.0860. The highest BCUT2D eigenvalue weighted by Gasteiger charge is 2.14. The molecule has 1 aromatic heterocycles. The summed E-state index contributed by atoms with van der Waals surface area (Å²) in [5.74, 6) is 2.41. The Labute approximate surface area is 121 Å². The average molecular weight is 295 g/mol. The molecule has 1 aromatic carbocycles. The summed E-state index contributed by atoms with van der Waals surface area (Å²) in [7, 11) is 3.31. The van der Waals surface area contributed by atoms with E-state index in [-0.39, 0.29) is 6.04 Å². The van der Waals surface area contributed by atoms with Gasteiger partial charge in [0.1, 0.15) is 11.5 Å². The predicted molar refractivity (Wildman–Crippen MR) is 81.5 cm³/mol. The second-order valence-electron chi connectivity index (χ2n) is 3.96. The zero-order valence-electron chi connectivity index (χ0n) is 11.0. The number of rotatable bonds is 6. The summed E-state index contributed by atoms with van der Waals surface area (Å²) in [6.07, 6.45) is 0. The fourth-order valence-electron chi connectivity index (χ4n) is 1.74. The van der Waals surface area contributed by atoms with Crippen LogP contribution < -0.4 is 15.2 Å². The van der Waals surface area contributed by atoms with Crippen molar-refractivity contribution in [1.82, 2.24) is 0 Å². The van der Waals surface area contributed by atoms with Gasteiger partial charge in [-0.05, 0) is 29.6 Å². The Hall–Kier alpha value is -1.17. The maximum absolute atomic E-state index is 6.26. The van der Waals surface area contributed by atoms with Crippen molar-refractivity contribution in [3.05, 3.63) is 41.3 Å². The lowest BCUT2D eigenvalue weighted by atomic mass is 10.1. The number of methoxy groups -OCH3 is 2. The summed E-state index contributed by atoms with van der Waals surface area (Å²) >= 11 is 3.49. The van der Waals surface area contributed by atoms with E-state index in [1.807, 2.05) is 24.3 Å². The van der Waals surface area contributed by atoms with E-state index >= 15 is 0 Å². The van der Waals surface area contributed by atoms with Crippen molar-refractivity contribution >= 4 is 23.1 Å². The van der Waals surface area contributed by atoms with Gasteiger partial charge in [0.2, 0.25) is 0 Å². The molecule has 0 aliphatic carbocycles. The molecule has 0 saturated carbocycles. The molecule has 0 radical (unpaired) electrons. The molecule has 0 aliphatic rings. The summed E-state index contributed by atoms with van der Waals surface area (Å²) in [5.41, 5.74) is 7.24. The molecule has 1 unspecified atom stereocenters. The minimum Gasteiger partial charge on any atom is -0.497 e. The third-order valence-electron chi connectivity index (χ3n) is 2.74. The van der Waals surface area contributed by atoms with E-state index < -0.39 is 0 Å². The van der Waals surface area contributed by atoms with Gasteiger partial charge in [0.15, 0.2) is 0 Å². The van der Waals surface area contributed by atoms with Crippen LogP contribution >= 0.6 is 23.1 Å². The van der Waals surface area contributed by atoms with Crippen LogP contribution in [0.2, 0.25) is 0 Å². The maximum atomic E-state index is 6.26. The van der Waals surface area contributed by atoms with Gasteiger partial charge >= 0.3 is 0 Å². The summed E-state index contributed by atoms with van der Waals surface area (Å²) < 4.78 is 11.9. The van der Waals surface area contributed by atoms with Crippen molar-refractivity contribution in [3.63, 3.8) is 0 Å². The van der Waals surface area contributed by atoms with Crippen LogP contribution in [0.4, 0.5) is 0 Å². The Kier molecular flexibility index (Phi) is 5.13. The first-order valence-corrected chi connectivity index (χ1v) is 7.75. The van der Waals surface area contributed by atoms with Crippen molar-refractivity contribution in [3.8, 4) is 11.5 Å². The Morgan fingerprint density at radius 3 is 2.74 bits per heavy atom. The third-order valence-corrected chi connectivity index (χ3v) is 4.99. The van der Waals surface area contributed by atoms with Crippen LogP contribution in [0.3, 0.4) is 0 Å². The first-order valence-electron chi connectivity index (χ1n) is 5.88. The van der Waals surface area contributed by atoms with Gasteiger partial charge in [0.25, 0.3) is 0 Å². The van der Waals surface area contributed by atoms with E-state index in [2.05, 4.69) is 11.4 Å². The first kappa shape index (κ1) is 14.2. The number of hydrogen-bond acceptors (Lipinski definition) is 5. The Balaban J connectivity index is 2.10. The fourth-order valence-corrected chi connectivity index (χ4v) is 3.53. The SMILES string of the molecule is COc1ccc(OC)c(C(N)CSc2cccs2)c1. The van der Waals surface area contributed by atoms with Gasteiger partial charge in [-0.25, -0.2) is 0 Å². The van der Waals surface area contributed by atoms with E-state index in [1.165, 1.54) is 4.21 Å². The smallest absolute Gasteiger partial charge is 0.123 e. The molecule has 0 fully saturated rings. The number of nitrogens with two attached hydrogens (primary N) is 1. The van der Waals surface area contributed by atoms with Crippen molar-refractivity contribution in [2.75, 3.05) is 20.0 Å². The molecule has 0 aliphatic heterocycles. The van der Waals surface area contributed by atoms with Crippen LogP contribution in [0.15, 0.2) is 39.9 Å². The van der Waals surface area contributed by atoms with Crippen LogP contribution in [-0.2, 0) is 0 Å². The van der Waals surface area contributed by atoms with Crippen LogP contribution in [-0.4, -0.2) is 20.0 Å². The molecular formula is C14H17NO2S2. The van der Waals surface area contributed by atoms with E-state index in [9.17, 15) is 0 Å². The van der Waals surface area contributed by atoms with Gasteiger partial charge < -0.3 is 15.2 Å². The maximum Gasteiger partial charge on any atom is 0.123 e. The number of hydrogen-bond donors (Lipinski definition) is 1. The number of benzene rings is 1. The predicted octanol–water partition coefficient (Wildman–Crippen LogP) is 3.56. The summed E-state index contributed by atoms with van der Waals surface area (Å²) in [4.78, 5) is 0. The Bertz CT molecular complexity index is 514. The third kappa shape index (κ3) is 3.65. The lowest BCUT2D eigenvalue weighted by Crippen LogP contribution is -2.14. The summed E-state index contributed by atoms with van der Waals surface area (Å²) in [5, 5.41) is 2.07. The van der Waals surface area contributed by atoms with Crippen LogP contribution in [0.1, 0.15) is 11.6 Å². The molecule has 1 heterocycles. The molecule has 2 aromatic rings. The molecule has 3 nitrogen and oxygen atoms in total. The molecule has 102 valence electrons. The molecule has 0 spiro atoms. The van der Waals surface area contributed by atoms with Crippen molar-refractivity contribution in [1.29, 1.82) is 0 Å². The molecule has 0 saturated heterocycles. The van der Waals surface area contributed by atoms with E-state index in [4.69, 9.17) is 15.2 Å². The van der Waals surface area contributed by atoms with Crippen molar-refractivity contribution in [2.24, 2.45) is 5.73 Å². The van der Waals surface area contributed by atoms with Crippen LogP contribution in [0.25, 0.3) is 0 Å².